The van der Waals surface area contributed by atoms with Gasteiger partial charge in [0.2, 0.25) is 5.91 Å². The summed E-state index contributed by atoms with van der Waals surface area (Å²) in [6.07, 6.45) is 5.87. The third kappa shape index (κ3) is 7.18. The van der Waals surface area contributed by atoms with Gasteiger partial charge in [0.1, 0.15) is 17.6 Å². The second-order valence-electron chi connectivity index (χ2n) is 8.16. The molecule has 0 aliphatic heterocycles. The van der Waals surface area contributed by atoms with Crippen molar-refractivity contribution in [3.63, 3.8) is 0 Å². The van der Waals surface area contributed by atoms with Crippen LogP contribution in [0.4, 0.5) is 4.39 Å². The molecule has 5 nitrogen and oxygen atoms in total. The van der Waals surface area contributed by atoms with Crippen LogP contribution < -0.4 is 10.1 Å². The van der Waals surface area contributed by atoms with Crippen LogP contribution in [0.2, 0.25) is 0 Å². The zero-order valence-electron chi connectivity index (χ0n) is 18.4. The first-order chi connectivity index (χ1) is 15.5. The highest BCUT2D eigenvalue weighted by atomic mass is 127. The van der Waals surface area contributed by atoms with Gasteiger partial charge in [-0.3, -0.25) is 9.59 Å². The van der Waals surface area contributed by atoms with E-state index in [0.717, 1.165) is 34.8 Å². The number of benzene rings is 2. The molecule has 1 saturated carbocycles. The van der Waals surface area contributed by atoms with Gasteiger partial charge >= 0.3 is 0 Å². The van der Waals surface area contributed by atoms with E-state index in [1.807, 2.05) is 31.2 Å². The molecule has 1 aliphatic carbocycles. The molecule has 0 saturated heterocycles. The van der Waals surface area contributed by atoms with E-state index in [9.17, 15) is 14.0 Å². The van der Waals surface area contributed by atoms with Crippen molar-refractivity contribution in [2.24, 2.45) is 0 Å². The Morgan fingerprint density at radius 2 is 1.75 bits per heavy atom. The second kappa shape index (κ2) is 12.2. The van der Waals surface area contributed by atoms with E-state index in [-0.39, 0.29) is 36.8 Å². The number of hydrogen-bond acceptors (Lipinski definition) is 3. The summed E-state index contributed by atoms with van der Waals surface area (Å²) >= 11 is 2.20. The number of nitrogens with one attached hydrogen (secondary N) is 1. The van der Waals surface area contributed by atoms with E-state index in [0.29, 0.717) is 12.2 Å². The number of ether oxygens (including phenoxy) is 1. The van der Waals surface area contributed by atoms with E-state index in [2.05, 4.69) is 27.9 Å². The summed E-state index contributed by atoms with van der Waals surface area (Å²) in [5.74, 6) is -0.154. The Morgan fingerprint density at radius 3 is 2.38 bits per heavy atom. The molecule has 0 unspecified atom stereocenters. The van der Waals surface area contributed by atoms with Crippen LogP contribution in [0.3, 0.4) is 0 Å². The van der Waals surface area contributed by atoms with Gasteiger partial charge in [0.05, 0.1) is 0 Å². The fourth-order valence-corrected chi connectivity index (χ4v) is 4.37. The van der Waals surface area contributed by atoms with Crippen LogP contribution in [0.5, 0.6) is 5.75 Å². The topological polar surface area (TPSA) is 58.6 Å². The molecular formula is C25H30FIN2O3. The highest BCUT2D eigenvalue weighted by Gasteiger charge is 2.30. The van der Waals surface area contributed by atoms with Crippen LogP contribution >= 0.6 is 22.6 Å². The van der Waals surface area contributed by atoms with Crippen LogP contribution in [0.15, 0.2) is 48.5 Å². The molecule has 3 rings (SSSR count). The zero-order chi connectivity index (χ0) is 22.9. The van der Waals surface area contributed by atoms with Crippen molar-refractivity contribution in [3.05, 3.63) is 63.5 Å². The molecule has 0 bridgehead atoms. The SMILES string of the molecule is CC[C@@H](C(=O)NC1CCCCC1)N(Cc1ccc(F)cc1)C(=O)COc1ccc(I)cc1. The first kappa shape index (κ1) is 24.5. The summed E-state index contributed by atoms with van der Waals surface area (Å²) in [7, 11) is 0. The normalized spacial score (nSPS) is 15.1. The number of nitrogens with zero attached hydrogens (tertiary/aromatic N) is 1. The fourth-order valence-electron chi connectivity index (χ4n) is 4.01. The van der Waals surface area contributed by atoms with Crippen molar-refractivity contribution >= 4 is 34.4 Å². The van der Waals surface area contributed by atoms with Gasteiger partial charge in [0.25, 0.3) is 5.91 Å². The number of carbonyl (C=O) groups excluding carboxylic acids is 2. The number of hydrogen-bond donors (Lipinski definition) is 1. The summed E-state index contributed by atoms with van der Waals surface area (Å²) in [5.41, 5.74) is 0.762. The molecule has 2 aromatic rings. The van der Waals surface area contributed by atoms with E-state index in [1.54, 1.807) is 17.0 Å². The second-order valence-corrected chi connectivity index (χ2v) is 9.40. The van der Waals surface area contributed by atoms with Crippen molar-refractivity contribution in [2.75, 3.05) is 6.61 Å². The lowest BCUT2D eigenvalue weighted by atomic mass is 9.95. The third-order valence-corrected chi connectivity index (χ3v) is 6.50. The summed E-state index contributed by atoms with van der Waals surface area (Å²) in [4.78, 5) is 27.9. The third-order valence-electron chi connectivity index (χ3n) is 5.78. The molecule has 0 radical (unpaired) electrons. The van der Waals surface area contributed by atoms with Crippen LogP contribution in [0.1, 0.15) is 51.0 Å². The van der Waals surface area contributed by atoms with Crippen LogP contribution in [-0.4, -0.2) is 35.4 Å². The monoisotopic (exact) mass is 552 g/mol. The highest BCUT2D eigenvalue weighted by molar-refractivity contribution is 14.1. The molecule has 0 spiro atoms. The van der Waals surface area contributed by atoms with Gasteiger partial charge in [-0.05, 0) is 83.8 Å². The molecule has 1 aliphatic rings. The van der Waals surface area contributed by atoms with Crippen LogP contribution in [-0.2, 0) is 16.1 Å². The lowest BCUT2D eigenvalue weighted by Crippen LogP contribution is -2.52. The summed E-state index contributed by atoms with van der Waals surface area (Å²) in [5, 5.41) is 3.15. The van der Waals surface area contributed by atoms with Crippen LogP contribution in [0.25, 0.3) is 0 Å². The molecule has 0 heterocycles. The summed E-state index contributed by atoms with van der Waals surface area (Å²) < 4.78 is 20.1. The number of amides is 2. The molecule has 1 N–H and O–H groups in total. The Balaban J connectivity index is 1.73. The smallest absolute Gasteiger partial charge is 0.261 e. The van der Waals surface area contributed by atoms with Gasteiger partial charge in [-0.15, -0.1) is 0 Å². The van der Waals surface area contributed by atoms with Crippen molar-refractivity contribution in [1.29, 1.82) is 0 Å². The molecule has 2 aromatic carbocycles. The quantitative estimate of drug-likeness (QED) is 0.443. The minimum atomic E-state index is -0.616. The van der Waals surface area contributed by atoms with Gasteiger partial charge in [-0.1, -0.05) is 38.3 Å². The van der Waals surface area contributed by atoms with Crippen molar-refractivity contribution in [1.82, 2.24) is 10.2 Å². The number of rotatable bonds is 9. The molecule has 0 aromatic heterocycles. The maximum absolute atomic E-state index is 13.4. The van der Waals surface area contributed by atoms with E-state index in [1.165, 1.54) is 18.6 Å². The Kier molecular flexibility index (Phi) is 9.32. The molecule has 2 amide bonds. The fraction of sp³-hybridized carbons (Fsp3) is 0.440. The lowest BCUT2D eigenvalue weighted by Gasteiger charge is -2.32. The van der Waals surface area contributed by atoms with E-state index >= 15 is 0 Å². The van der Waals surface area contributed by atoms with E-state index < -0.39 is 6.04 Å². The summed E-state index contributed by atoms with van der Waals surface area (Å²) in [6.45, 7) is 1.94. The zero-order valence-corrected chi connectivity index (χ0v) is 20.5. The van der Waals surface area contributed by atoms with Crippen molar-refractivity contribution in [2.45, 2.75) is 64.1 Å². The van der Waals surface area contributed by atoms with Gasteiger partial charge in [-0.25, -0.2) is 4.39 Å². The first-order valence-electron chi connectivity index (χ1n) is 11.2. The largest absolute Gasteiger partial charge is 0.484 e. The lowest BCUT2D eigenvalue weighted by molar-refractivity contribution is -0.143. The first-order valence-corrected chi connectivity index (χ1v) is 12.3. The maximum Gasteiger partial charge on any atom is 0.261 e. The summed E-state index contributed by atoms with van der Waals surface area (Å²) in [6, 6.07) is 13.0. The number of carbonyl (C=O) groups is 2. The van der Waals surface area contributed by atoms with Gasteiger partial charge in [0, 0.05) is 16.2 Å². The molecule has 1 fully saturated rings. The predicted molar refractivity (Wildman–Crippen MR) is 131 cm³/mol. The highest BCUT2D eigenvalue weighted by Crippen LogP contribution is 2.20. The Labute approximate surface area is 202 Å². The maximum atomic E-state index is 13.4. The van der Waals surface area contributed by atoms with Gasteiger partial charge < -0.3 is 15.0 Å². The number of halogens is 2. The van der Waals surface area contributed by atoms with E-state index in [4.69, 9.17) is 4.74 Å². The Morgan fingerprint density at radius 1 is 1.09 bits per heavy atom. The molecule has 1 atom stereocenters. The van der Waals surface area contributed by atoms with Crippen LogP contribution in [0, 0.1) is 9.39 Å². The van der Waals surface area contributed by atoms with Crippen molar-refractivity contribution < 1.29 is 18.7 Å². The average Bonchev–Trinajstić information content (AvgIpc) is 2.80. The molecule has 172 valence electrons. The Hall–Kier alpha value is -2.16. The van der Waals surface area contributed by atoms with Gasteiger partial charge in [0.15, 0.2) is 6.61 Å². The van der Waals surface area contributed by atoms with Gasteiger partial charge in [-0.2, -0.15) is 0 Å². The average molecular weight is 552 g/mol. The standard InChI is InChI=1S/C25H30FIN2O3/c1-2-23(25(31)28-21-6-4-3-5-7-21)29(16-18-8-10-19(26)11-9-18)24(30)17-32-22-14-12-20(27)13-15-22/h8-15,21,23H,2-7,16-17H2,1H3,(H,28,31)/t23-/m0/s1. The minimum Gasteiger partial charge on any atom is -0.484 e. The molecular weight excluding hydrogens is 522 g/mol. The predicted octanol–water partition coefficient (Wildman–Crippen LogP) is 5.07. The molecule has 7 heteroatoms. The Bertz CT molecular complexity index is 883. The van der Waals surface area contributed by atoms with Crippen molar-refractivity contribution in [3.8, 4) is 5.75 Å². The molecule has 32 heavy (non-hydrogen) atoms. The minimum absolute atomic E-state index is 0.135.